The van der Waals surface area contributed by atoms with Crippen LogP contribution in [0.25, 0.3) is 0 Å². The van der Waals surface area contributed by atoms with E-state index in [0.717, 1.165) is 24.3 Å². The molecule has 2 aromatic carbocycles. The van der Waals surface area contributed by atoms with Crippen molar-refractivity contribution in [2.75, 3.05) is 5.32 Å². The highest BCUT2D eigenvalue weighted by Crippen LogP contribution is 2.23. The minimum Gasteiger partial charge on any atom is -0.486 e. The van der Waals surface area contributed by atoms with Crippen LogP contribution in [-0.2, 0) is 19.6 Å². The number of amides is 1. The van der Waals surface area contributed by atoms with Gasteiger partial charge >= 0.3 is 0 Å². The van der Waals surface area contributed by atoms with Crippen LogP contribution in [0, 0.1) is 19.7 Å². The summed E-state index contributed by atoms with van der Waals surface area (Å²) in [5.41, 5.74) is 3.76. The summed E-state index contributed by atoms with van der Waals surface area (Å²) in [5.74, 6) is 0.800. The summed E-state index contributed by atoms with van der Waals surface area (Å²) in [6.45, 7) is 6.28. The molecule has 0 spiro atoms. The summed E-state index contributed by atoms with van der Waals surface area (Å²) in [6.07, 6.45) is 2.14. The zero-order valence-corrected chi connectivity index (χ0v) is 19.6. The standard InChI is InChI=1S/C27H28FN3O3/c1-4-7-20-10-12-22(13-11-20)33-17-23-14-15-25(34-23)27(32)29-26-18(2)30-31(19(26)3)16-21-8-5-6-9-24(21)28/h5-6,8-15H,4,7,16-17H2,1-3H3,(H,29,32). The van der Waals surface area contributed by atoms with Gasteiger partial charge in [0.2, 0.25) is 0 Å². The molecule has 0 saturated carbocycles. The normalized spacial score (nSPS) is 10.9. The van der Waals surface area contributed by atoms with Crippen molar-refractivity contribution in [2.45, 2.75) is 46.8 Å². The first-order valence-electron chi connectivity index (χ1n) is 11.3. The van der Waals surface area contributed by atoms with E-state index in [-0.39, 0.29) is 30.6 Å². The Morgan fingerprint density at radius 2 is 1.85 bits per heavy atom. The number of anilines is 1. The smallest absolute Gasteiger partial charge is 0.291 e. The highest BCUT2D eigenvalue weighted by molar-refractivity contribution is 6.02. The van der Waals surface area contributed by atoms with Crippen molar-refractivity contribution >= 4 is 11.6 Å². The third-order valence-electron chi connectivity index (χ3n) is 5.63. The van der Waals surface area contributed by atoms with E-state index in [1.54, 1.807) is 41.9 Å². The molecule has 176 valence electrons. The molecule has 1 amide bonds. The monoisotopic (exact) mass is 461 g/mol. The number of ether oxygens (including phenoxy) is 1. The van der Waals surface area contributed by atoms with E-state index in [9.17, 15) is 9.18 Å². The second-order valence-electron chi connectivity index (χ2n) is 8.20. The number of furan rings is 1. The molecule has 0 aliphatic heterocycles. The first-order chi connectivity index (χ1) is 16.4. The van der Waals surface area contributed by atoms with E-state index in [1.165, 1.54) is 11.6 Å². The Labute approximate surface area is 198 Å². The SMILES string of the molecule is CCCc1ccc(OCc2ccc(C(=O)Nc3c(C)nn(Cc4ccccc4F)c3C)o2)cc1. The van der Waals surface area contributed by atoms with Crippen LogP contribution in [0.2, 0.25) is 0 Å². The lowest BCUT2D eigenvalue weighted by Gasteiger charge is -2.07. The molecule has 0 bridgehead atoms. The van der Waals surface area contributed by atoms with E-state index >= 15 is 0 Å². The molecule has 0 saturated heterocycles. The predicted octanol–water partition coefficient (Wildman–Crippen LogP) is 6.06. The molecule has 0 aliphatic carbocycles. The molecular weight excluding hydrogens is 433 g/mol. The number of aryl methyl sites for hydroxylation is 2. The number of halogens is 1. The van der Waals surface area contributed by atoms with Crippen LogP contribution in [0.1, 0.15) is 52.2 Å². The van der Waals surface area contributed by atoms with E-state index in [1.807, 2.05) is 19.1 Å². The average molecular weight is 462 g/mol. The van der Waals surface area contributed by atoms with E-state index in [4.69, 9.17) is 9.15 Å². The van der Waals surface area contributed by atoms with Crippen LogP contribution in [0.15, 0.2) is 65.1 Å². The summed E-state index contributed by atoms with van der Waals surface area (Å²) in [7, 11) is 0. The number of hydrogen-bond acceptors (Lipinski definition) is 4. The van der Waals surface area contributed by atoms with Crippen molar-refractivity contribution in [2.24, 2.45) is 0 Å². The number of carbonyl (C=O) groups excluding carboxylic acids is 1. The number of hydrogen-bond donors (Lipinski definition) is 1. The molecule has 6 nitrogen and oxygen atoms in total. The van der Waals surface area contributed by atoms with Crippen molar-refractivity contribution in [3.8, 4) is 5.75 Å². The Kier molecular flexibility index (Phi) is 7.11. The number of nitrogens with one attached hydrogen (secondary N) is 1. The Balaban J connectivity index is 1.39. The predicted molar refractivity (Wildman–Crippen MR) is 129 cm³/mol. The molecule has 0 aliphatic rings. The van der Waals surface area contributed by atoms with Gasteiger partial charge < -0.3 is 14.5 Å². The fraction of sp³-hybridized carbons (Fsp3) is 0.259. The number of rotatable bonds is 9. The molecule has 2 aromatic heterocycles. The lowest BCUT2D eigenvalue weighted by Crippen LogP contribution is -2.12. The van der Waals surface area contributed by atoms with Gasteiger partial charge in [0, 0.05) is 5.56 Å². The highest BCUT2D eigenvalue weighted by Gasteiger charge is 2.18. The van der Waals surface area contributed by atoms with E-state index < -0.39 is 0 Å². The van der Waals surface area contributed by atoms with Crippen LogP contribution >= 0.6 is 0 Å². The summed E-state index contributed by atoms with van der Waals surface area (Å²) in [5, 5.41) is 7.33. The van der Waals surface area contributed by atoms with Gasteiger partial charge in [-0.05, 0) is 56.2 Å². The van der Waals surface area contributed by atoms with Crippen LogP contribution in [0.5, 0.6) is 5.75 Å². The first kappa shape index (κ1) is 23.3. The maximum absolute atomic E-state index is 14.0. The van der Waals surface area contributed by atoms with E-state index in [2.05, 4.69) is 29.5 Å². The largest absolute Gasteiger partial charge is 0.486 e. The summed E-state index contributed by atoms with van der Waals surface area (Å²) < 4.78 is 27.2. The topological polar surface area (TPSA) is 69.3 Å². The third-order valence-corrected chi connectivity index (χ3v) is 5.63. The zero-order valence-electron chi connectivity index (χ0n) is 19.6. The molecule has 34 heavy (non-hydrogen) atoms. The second kappa shape index (κ2) is 10.4. The molecule has 4 rings (SSSR count). The van der Waals surface area contributed by atoms with Crippen LogP contribution in [0.4, 0.5) is 10.1 Å². The maximum Gasteiger partial charge on any atom is 0.291 e. The Morgan fingerprint density at radius 1 is 1.09 bits per heavy atom. The molecule has 0 radical (unpaired) electrons. The maximum atomic E-state index is 14.0. The summed E-state index contributed by atoms with van der Waals surface area (Å²) in [4.78, 5) is 12.8. The summed E-state index contributed by atoms with van der Waals surface area (Å²) >= 11 is 0. The first-order valence-corrected chi connectivity index (χ1v) is 11.3. The average Bonchev–Trinajstić information content (AvgIpc) is 3.41. The Bertz CT molecular complexity index is 1270. The van der Waals surface area contributed by atoms with Gasteiger partial charge in [0.05, 0.1) is 23.6 Å². The van der Waals surface area contributed by atoms with Gasteiger partial charge in [-0.25, -0.2) is 4.39 Å². The summed E-state index contributed by atoms with van der Waals surface area (Å²) in [6, 6.07) is 17.9. The molecule has 4 aromatic rings. The van der Waals surface area contributed by atoms with Gasteiger partial charge in [0.25, 0.3) is 5.91 Å². The third kappa shape index (κ3) is 5.36. The molecular formula is C27H28FN3O3. The van der Waals surface area contributed by atoms with Gasteiger partial charge in [0.15, 0.2) is 5.76 Å². The molecule has 0 fully saturated rings. The Hall–Kier alpha value is -3.87. The zero-order chi connectivity index (χ0) is 24.1. The Morgan fingerprint density at radius 3 is 2.59 bits per heavy atom. The minimum absolute atomic E-state index is 0.178. The quantitative estimate of drug-likeness (QED) is 0.329. The molecule has 2 heterocycles. The molecule has 0 unspecified atom stereocenters. The fourth-order valence-electron chi connectivity index (χ4n) is 3.77. The van der Waals surface area contributed by atoms with Crippen molar-refractivity contribution in [1.29, 1.82) is 0 Å². The molecule has 0 atom stereocenters. The number of benzene rings is 2. The van der Waals surface area contributed by atoms with Crippen molar-refractivity contribution in [3.63, 3.8) is 0 Å². The van der Waals surface area contributed by atoms with Gasteiger partial charge in [0.1, 0.15) is 23.9 Å². The van der Waals surface area contributed by atoms with Crippen molar-refractivity contribution in [3.05, 3.63) is 101 Å². The second-order valence-corrected chi connectivity index (χ2v) is 8.20. The van der Waals surface area contributed by atoms with Gasteiger partial charge in [-0.15, -0.1) is 0 Å². The van der Waals surface area contributed by atoms with Crippen LogP contribution in [-0.4, -0.2) is 15.7 Å². The van der Waals surface area contributed by atoms with Crippen molar-refractivity contribution in [1.82, 2.24) is 9.78 Å². The minimum atomic E-state index is -0.383. The van der Waals surface area contributed by atoms with Crippen LogP contribution in [0.3, 0.4) is 0 Å². The lowest BCUT2D eigenvalue weighted by molar-refractivity contribution is 0.0992. The fourth-order valence-corrected chi connectivity index (χ4v) is 3.77. The van der Waals surface area contributed by atoms with Gasteiger partial charge in [-0.3, -0.25) is 9.48 Å². The van der Waals surface area contributed by atoms with E-state index in [0.29, 0.717) is 22.7 Å². The molecule has 7 heteroatoms. The number of nitrogens with zero attached hydrogens (tertiary/aromatic N) is 2. The van der Waals surface area contributed by atoms with Crippen molar-refractivity contribution < 1.29 is 18.3 Å². The van der Waals surface area contributed by atoms with Gasteiger partial charge in [-0.2, -0.15) is 5.10 Å². The number of carbonyl (C=O) groups is 1. The van der Waals surface area contributed by atoms with Gasteiger partial charge in [-0.1, -0.05) is 43.7 Å². The lowest BCUT2D eigenvalue weighted by atomic mass is 10.1. The number of aromatic nitrogens is 2. The highest BCUT2D eigenvalue weighted by atomic mass is 19.1. The molecule has 1 N–H and O–H groups in total. The van der Waals surface area contributed by atoms with Crippen LogP contribution < -0.4 is 10.1 Å².